The maximum Gasteiger partial charge on any atom is 0.411 e. The summed E-state index contributed by atoms with van der Waals surface area (Å²) in [4.78, 5) is 14.9. The maximum atomic E-state index is 13.2. The van der Waals surface area contributed by atoms with E-state index in [2.05, 4.69) is 13.8 Å². The molecule has 31 heavy (non-hydrogen) atoms. The van der Waals surface area contributed by atoms with Gasteiger partial charge in [0, 0.05) is 20.1 Å². The summed E-state index contributed by atoms with van der Waals surface area (Å²) in [6.45, 7) is 10.9. The minimum Gasteiger partial charge on any atom is -0.493 e. The Morgan fingerprint density at radius 1 is 1.19 bits per heavy atom. The molecule has 1 aromatic rings. The molecule has 0 radical (unpaired) electrons. The second-order valence-corrected chi connectivity index (χ2v) is 9.42. The monoisotopic (exact) mass is 437 g/mol. The van der Waals surface area contributed by atoms with Crippen LogP contribution in [0.15, 0.2) is 18.2 Å². The van der Waals surface area contributed by atoms with Gasteiger partial charge in [0.05, 0.1) is 32.4 Å². The van der Waals surface area contributed by atoms with Crippen molar-refractivity contribution in [3.63, 3.8) is 0 Å². The highest BCUT2D eigenvalue weighted by Crippen LogP contribution is 2.46. The number of likely N-dealkylation sites (tertiary alicyclic amines) is 1. The van der Waals surface area contributed by atoms with Gasteiger partial charge >= 0.3 is 6.09 Å². The first-order valence-corrected chi connectivity index (χ1v) is 11.0. The summed E-state index contributed by atoms with van der Waals surface area (Å²) in [5.74, 6) is 1.78. The van der Waals surface area contributed by atoms with E-state index in [-0.39, 0.29) is 24.6 Å². The third kappa shape index (κ3) is 6.50. The minimum atomic E-state index is -0.618. The first-order chi connectivity index (χ1) is 14.6. The van der Waals surface area contributed by atoms with Crippen LogP contribution in [-0.4, -0.2) is 61.8 Å². The van der Waals surface area contributed by atoms with Crippen molar-refractivity contribution in [2.24, 2.45) is 11.8 Å². The van der Waals surface area contributed by atoms with Crippen molar-refractivity contribution in [1.29, 1.82) is 0 Å². The molecule has 1 heterocycles. The van der Waals surface area contributed by atoms with Crippen LogP contribution >= 0.6 is 0 Å². The Bertz CT molecular complexity index is 715. The molecule has 0 bridgehead atoms. The summed E-state index contributed by atoms with van der Waals surface area (Å²) in [6.07, 6.45) is 1.07. The number of nitrogens with zero attached hydrogens (tertiary/aromatic N) is 1. The molecule has 0 spiro atoms. The summed E-state index contributed by atoms with van der Waals surface area (Å²) in [7, 11) is 3.27. The topological polar surface area (TPSA) is 77.5 Å². The first kappa shape index (κ1) is 25.3. The van der Waals surface area contributed by atoms with Crippen LogP contribution in [0.1, 0.15) is 59.1 Å². The number of hydrogen-bond acceptors (Lipinski definition) is 6. The quantitative estimate of drug-likeness (QED) is 0.576. The zero-order valence-corrected chi connectivity index (χ0v) is 20.0. The number of carbonyl (C=O) groups excluding carboxylic acids is 1. The van der Waals surface area contributed by atoms with Crippen LogP contribution in [-0.2, 0) is 9.47 Å². The van der Waals surface area contributed by atoms with Gasteiger partial charge in [-0.15, -0.1) is 0 Å². The van der Waals surface area contributed by atoms with E-state index in [0.717, 1.165) is 12.0 Å². The summed E-state index contributed by atoms with van der Waals surface area (Å²) in [6, 6.07) is 5.28. The molecule has 0 aliphatic carbocycles. The third-order valence-corrected chi connectivity index (χ3v) is 5.59. The number of aliphatic hydroxyl groups excluding tert-OH is 1. The molecule has 1 aliphatic rings. The molecule has 7 heteroatoms. The number of carbonyl (C=O) groups is 1. The summed E-state index contributed by atoms with van der Waals surface area (Å²) in [5, 5.41) is 10.0. The Morgan fingerprint density at radius 2 is 1.90 bits per heavy atom. The van der Waals surface area contributed by atoms with Gasteiger partial charge in [-0.05, 0) is 56.7 Å². The minimum absolute atomic E-state index is 0.102. The van der Waals surface area contributed by atoms with Crippen LogP contribution in [0, 0.1) is 11.8 Å². The summed E-state index contributed by atoms with van der Waals surface area (Å²) in [5.41, 5.74) is 0.329. The molecule has 0 unspecified atom stereocenters. The van der Waals surface area contributed by atoms with Crippen LogP contribution in [0.25, 0.3) is 0 Å². The largest absolute Gasteiger partial charge is 0.493 e. The summed E-state index contributed by atoms with van der Waals surface area (Å²) >= 11 is 0. The SMILES string of the molecule is COCCCOc1cc([C@H]2[C@H](C(C)C)C[C@@H](CO)N2C(=O)OC(C)(C)C)ccc1OC. The normalized spacial score (nSPS) is 21.5. The predicted octanol–water partition coefficient (Wildman–Crippen LogP) is 4.43. The van der Waals surface area contributed by atoms with Gasteiger partial charge in [-0.1, -0.05) is 19.9 Å². The van der Waals surface area contributed by atoms with E-state index in [1.807, 2.05) is 39.0 Å². The van der Waals surface area contributed by atoms with E-state index < -0.39 is 11.7 Å². The number of ether oxygens (including phenoxy) is 4. The van der Waals surface area contributed by atoms with Crippen LogP contribution in [0.4, 0.5) is 4.79 Å². The average Bonchev–Trinajstić information content (AvgIpc) is 3.10. The molecule has 1 saturated heterocycles. The highest BCUT2D eigenvalue weighted by molar-refractivity contribution is 5.70. The van der Waals surface area contributed by atoms with Gasteiger partial charge in [0.2, 0.25) is 0 Å². The molecule has 2 rings (SSSR count). The van der Waals surface area contributed by atoms with Crippen molar-refractivity contribution >= 4 is 6.09 Å². The fraction of sp³-hybridized carbons (Fsp3) is 0.708. The van der Waals surface area contributed by atoms with E-state index in [1.165, 1.54) is 0 Å². The van der Waals surface area contributed by atoms with Gasteiger partial charge < -0.3 is 24.1 Å². The highest BCUT2D eigenvalue weighted by atomic mass is 16.6. The Balaban J connectivity index is 2.42. The number of benzene rings is 1. The molecular formula is C24H39NO6. The Kier molecular flexibility index (Phi) is 9.01. The summed E-state index contributed by atoms with van der Waals surface area (Å²) < 4.78 is 22.2. The molecule has 1 aromatic carbocycles. The zero-order chi connectivity index (χ0) is 23.2. The predicted molar refractivity (Wildman–Crippen MR) is 120 cm³/mol. The molecule has 1 amide bonds. The van der Waals surface area contributed by atoms with Gasteiger partial charge in [0.1, 0.15) is 5.60 Å². The number of aliphatic hydroxyl groups is 1. The van der Waals surface area contributed by atoms with E-state index in [4.69, 9.17) is 18.9 Å². The van der Waals surface area contributed by atoms with Gasteiger partial charge in [-0.3, -0.25) is 4.90 Å². The lowest BCUT2D eigenvalue weighted by atomic mass is 9.84. The first-order valence-electron chi connectivity index (χ1n) is 11.0. The van der Waals surface area contributed by atoms with Gasteiger partial charge in [-0.25, -0.2) is 4.79 Å². The smallest absolute Gasteiger partial charge is 0.411 e. The van der Waals surface area contributed by atoms with Crippen molar-refractivity contribution < 1.29 is 28.8 Å². The Hall–Kier alpha value is -1.99. The van der Waals surface area contributed by atoms with Gasteiger partial charge in [0.25, 0.3) is 0 Å². The van der Waals surface area contributed by atoms with Crippen LogP contribution in [0.5, 0.6) is 11.5 Å². The molecule has 1 fully saturated rings. The van der Waals surface area contributed by atoms with E-state index in [9.17, 15) is 9.90 Å². The Morgan fingerprint density at radius 3 is 2.45 bits per heavy atom. The zero-order valence-electron chi connectivity index (χ0n) is 20.0. The fourth-order valence-electron chi connectivity index (χ4n) is 4.15. The lowest BCUT2D eigenvalue weighted by molar-refractivity contribution is 0.00649. The van der Waals surface area contributed by atoms with Crippen molar-refractivity contribution in [3.05, 3.63) is 23.8 Å². The lowest BCUT2D eigenvalue weighted by Gasteiger charge is -2.34. The second-order valence-electron chi connectivity index (χ2n) is 9.42. The van der Waals surface area contributed by atoms with Gasteiger partial charge in [0.15, 0.2) is 11.5 Å². The lowest BCUT2D eigenvalue weighted by Crippen LogP contribution is -2.43. The molecule has 1 N–H and O–H groups in total. The molecule has 0 aromatic heterocycles. The number of amides is 1. The van der Waals surface area contributed by atoms with E-state index in [1.54, 1.807) is 19.1 Å². The van der Waals surface area contributed by atoms with E-state index in [0.29, 0.717) is 37.1 Å². The third-order valence-electron chi connectivity index (χ3n) is 5.59. The van der Waals surface area contributed by atoms with Crippen molar-refractivity contribution in [2.75, 3.05) is 34.0 Å². The maximum absolute atomic E-state index is 13.2. The van der Waals surface area contributed by atoms with Gasteiger partial charge in [-0.2, -0.15) is 0 Å². The number of hydrogen-bond donors (Lipinski definition) is 1. The van der Waals surface area contributed by atoms with Crippen molar-refractivity contribution in [2.45, 2.75) is 65.1 Å². The molecule has 3 atom stereocenters. The molecule has 7 nitrogen and oxygen atoms in total. The molecule has 176 valence electrons. The average molecular weight is 438 g/mol. The van der Waals surface area contributed by atoms with Crippen LogP contribution in [0.3, 0.4) is 0 Å². The van der Waals surface area contributed by atoms with Crippen molar-refractivity contribution in [3.8, 4) is 11.5 Å². The molecule has 1 aliphatic heterocycles. The van der Waals surface area contributed by atoms with Crippen LogP contribution in [0.2, 0.25) is 0 Å². The number of methoxy groups -OCH3 is 2. The fourth-order valence-corrected chi connectivity index (χ4v) is 4.15. The van der Waals surface area contributed by atoms with Crippen LogP contribution < -0.4 is 9.47 Å². The second kappa shape index (κ2) is 11.0. The Labute approximate surface area is 186 Å². The van der Waals surface area contributed by atoms with E-state index >= 15 is 0 Å². The highest BCUT2D eigenvalue weighted by Gasteiger charge is 2.47. The molecule has 0 saturated carbocycles. The number of rotatable bonds is 9. The van der Waals surface area contributed by atoms with Crippen molar-refractivity contribution in [1.82, 2.24) is 4.90 Å². The molecular weight excluding hydrogens is 398 g/mol. The standard InChI is InChI=1S/C24H39NO6/c1-16(2)19-14-18(15-26)25(23(27)31-24(3,4)5)22(19)17-9-10-20(29-7)21(13-17)30-12-8-11-28-6/h9-10,13,16,18-19,22,26H,8,11-12,14-15H2,1-7H3/t18-,19-,22-/m0/s1.